The van der Waals surface area contributed by atoms with Gasteiger partial charge in [0.1, 0.15) is 0 Å². The van der Waals surface area contributed by atoms with Crippen molar-refractivity contribution in [1.82, 2.24) is 10.6 Å². The summed E-state index contributed by atoms with van der Waals surface area (Å²) in [4.78, 5) is 11.9. The largest absolute Gasteiger partial charge is 0.389 e. The van der Waals surface area contributed by atoms with E-state index in [2.05, 4.69) is 17.6 Å². The van der Waals surface area contributed by atoms with Crippen LogP contribution in [0.15, 0.2) is 0 Å². The first-order valence-corrected chi connectivity index (χ1v) is 8.49. The summed E-state index contributed by atoms with van der Waals surface area (Å²) >= 11 is 0. The standard InChI is InChI=1S/C16H30N2O3/c1-2-13-5-3-4-6-15(13)18-16(20)17-9-14(19)11-21-10-12-7-8-12/h12-15,19H,2-11H2,1H3,(H2,17,18,20). The van der Waals surface area contributed by atoms with Gasteiger partial charge in [-0.1, -0.05) is 26.2 Å². The zero-order valence-corrected chi connectivity index (χ0v) is 13.1. The van der Waals surface area contributed by atoms with Crippen LogP contribution in [0.5, 0.6) is 0 Å². The van der Waals surface area contributed by atoms with Gasteiger partial charge in [-0.3, -0.25) is 0 Å². The molecule has 0 aromatic carbocycles. The van der Waals surface area contributed by atoms with E-state index >= 15 is 0 Å². The summed E-state index contributed by atoms with van der Waals surface area (Å²) in [7, 11) is 0. The Morgan fingerprint density at radius 1 is 1.29 bits per heavy atom. The van der Waals surface area contributed by atoms with Crippen LogP contribution in [0.3, 0.4) is 0 Å². The average molecular weight is 298 g/mol. The summed E-state index contributed by atoms with van der Waals surface area (Å²) < 4.78 is 5.41. The number of ether oxygens (including phenoxy) is 1. The number of carbonyl (C=O) groups excluding carboxylic acids is 1. The molecule has 0 saturated heterocycles. The number of aliphatic hydroxyl groups is 1. The maximum Gasteiger partial charge on any atom is 0.315 e. The number of hydrogen-bond acceptors (Lipinski definition) is 3. The van der Waals surface area contributed by atoms with E-state index in [9.17, 15) is 9.90 Å². The third-order valence-electron chi connectivity index (χ3n) is 4.61. The molecule has 5 heteroatoms. The molecular weight excluding hydrogens is 268 g/mol. The lowest BCUT2D eigenvalue weighted by molar-refractivity contribution is 0.0336. The summed E-state index contributed by atoms with van der Waals surface area (Å²) in [5, 5.41) is 15.6. The highest BCUT2D eigenvalue weighted by molar-refractivity contribution is 5.74. The van der Waals surface area contributed by atoms with Gasteiger partial charge in [-0.05, 0) is 37.5 Å². The molecule has 0 aliphatic heterocycles. The van der Waals surface area contributed by atoms with Crippen LogP contribution in [0.4, 0.5) is 4.79 Å². The van der Waals surface area contributed by atoms with Crippen molar-refractivity contribution < 1.29 is 14.6 Å². The Morgan fingerprint density at radius 2 is 2.05 bits per heavy atom. The maximum atomic E-state index is 11.9. The predicted octanol–water partition coefficient (Wildman–Crippen LogP) is 2.04. The lowest BCUT2D eigenvalue weighted by Gasteiger charge is -2.31. The molecule has 2 aliphatic carbocycles. The third-order valence-corrected chi connectivity index (χ3v) is 4.61. The number of aliphatic hydroxyl groups excluding tert-OH is 1. The Balaban J connectivity index is 1.57. The Kier molecular flexibility index (Phi) is 6.77. The number of hydrogen-bond donors (Lipinski definition) is 3. The van der Waals surface area contributed by atoms with Crippen molar-refractivity contribution in [1.29, 1.82) is 0 Å². The van der Waals surface area contributed by atoms with Crippen molar-refractivity contribution in [3.8, 4) is 0 Å². The molecule has 2 amide bonds. The molecule has 122 valence electrons. The van der Waals surface area contributed by atoms with Crippen molar-refractivity contribution in [3.63, 3.8) is 0 Å². The molecule has 3 atom stereocenters. The van der Waals surface area contributed by atoms with Gasteiger partial charge in [-0.15, -0.1) is 0 Å². The summed E-state index contributed by atoms with van der Waals surface area (Å²) in [6.45, 7) is 3.48. The van der Waals surface area contributed by atoms with Gasteiger partial charge < -0.3 is 20.5 Å². The van der Waals surface area contributed by atoms with E-state index < -0.39 is 6.10 Å². The molecule has 0 bridgehead atoms. The zero-order chi connectivity index (χ0) is 15.1. The number of nitrogens with one attached hydrogen (secondary N) is 2. The van der Waals surface area contributed by atoms with Gasteiger partial charge in [0.15, 0.2) is 0 Å². The van der Waals surface area contributed by atoms with Crippen LogP contribution in [-0.4, -0.2) is 43.0 Å². The lowest BCUT2D eigenvalue weighted by Crippen LogP contribution is -2.48. The van der Waals surface area contributed by atoms with Crippen molar-refractivity contribution in [2.75, 3.05) is 19.8 Å². The molecule has 3 N–H and O–H groups in total. The molecule has 0 aromatic rings. The monoisotopic (exact) mass is 298 g/mol. The quantitative estimate of drug-likeness (QED) is 0.642. The minimum Gasteiger partial charge on any atom is -0.389 e. The van der Waals surface area contributed by atoms with Crippen LogP contribution >= 0.6 is 0 Å². The van der Waals surface area contributed by atoms with E-state index in [1.807, 2.05) is 0 Å². The molecule has 21 heavy (non-hydrogen) atoms. The van der Waals surface area contributed by atoms with Gasteiger partial charge in [0.2, 0.25) is 0 Å². The number of rotatable bonds is 8. The molecule has 0 aromatic heterocycles. The first-order chi connectivity index (χ1) is 10.2. The SMILES string of the molecule is CCC1CCCCC1NC(=O)NCC(O)COCC1CC1. The molecule has 5 nitrogen and oxygen atoms in total. The van der Waals surface area contributed by atoms with Crippen molar-refractivity contribution in [2.24, 2.45) is 11.8 Å². The molecule has 2 rings (SSSR count). The summed E-state index contributed by atoms with van der Waals surface area (Å²) in [5.41, 5.74) is 0. The van der Waals surface area contributed by atoms with Crippen molar-refractivity contribution >= 4 is 6.03 Å². The maximum absolute atomic E-state index is 11.9. The normalized spacial score (nSPS) is 27.1. The highest BCUT2D eigenvalue weighted by Crippen LogP contribution is 2.28. The van der Waals surface area contributed by atoms with Gasteiger partial charge in [-0.2, -0.15) is 0 Å². The Labute approximate surface area is 127 Å². The molecule has 2 aliphatic rings. The van der Waals surface area contributed by atoms with E-state index in [0.717, 1.165) is 19.4 Å². The van der Waals surface area contributed by atoms with E-state index in [0.29, 0.717) is 18.4 Å². The van der Waals surface area contributed by atoms with E-state index in [1.165, 1.54) is 32.1 Å². The summed E-state index contributed by atoms with van der Waals surface area (Å²) in [5.74, 6) is 1.29. The highest BCUT2D eigenvalue weighted by atomic mass is 16.5. The molecular formula is C16H30N2O3. The topological polar surface area (TPSA) is 70.6 Å². The van der Waals surface area contributed by atoms with Gasteiger partial charge >= 0.3 is 6.03 Å². The van der Waals surface area contributed by atoms with Crippen LogP contribution in [0.2, 0.25) is 0 Å². The second kappa shape index (κ2) is 8.59. The van der Waals surface area contributed by atoms with E-state index in [1.54, 1.807) is 0 Å². The van der Waals surface area contributed by atoms with Crippen LogP contribution in [0.25, 0.3) is 0 Å². The molecule has 2 fully saturated rings. The summed E-state index contributed by atoms with van der Waals surface area (Å²) in [6, 6.07) is 0.119. The van der Waals surface area contributed by atoms with Crippen molar-refractivity contribution in [3.05, 3.63) is 0 Å². The fraction of sp³-hybridized carbons (Fsp3) is 0.938. The van der Waals surface area contributed by atoms with Crippen LogP contribution in [-0.2, 0) is 4.74 Å². The third kappa shape index (κ3) is 6.22. The smallest absolute Gasteiger partial charge is 0.315 e. The summed E-state index contributed by atoms with van der Waals surface area (Å²) in [6.07, 6.45) is 7.73. The Hall–Kier alpha value is -0.810. The lowest BCUT2D eigenvalue weighted by atomic mass is 9.83. The molecule has 2 saturated carbocycles. The van der Waals surface area contributed by atoms with E-state index in [4.69, 9.17) is 4.74 Å². The molecule has 0 spiro atoms. The molecule has 3 unspecified atom stereocenters. The number of urea groups is 1. The van der Waals surface area contributed by atoms with Crippen molar-refractivity contribution in [2.45, 2.75) is 64.0 Å². The van der Waals surface area contributed by atoms with Gasteiger partial charge in [0.25, 0.3) is 0 Å². The van der Waals surface area contributed by atoms with Crippen LogP contribution in [0, 0.1) is 11.8 Å². The average Bonchev–Trinajstić information content (AvgIpc) is 3.30. The van der Waals surface area contributed by atoms with Crippen LogP contribution in [0.1, 0.15) is 51.9 Å². The minimum absolute atomic E-state index is 0.165. The zero-order valence-electron chi connectivity index (χ0n) is 13.1. The molecule has 0 heterocycles. The first-order valence-electron chi connectivity index (χ1n) is 8.49. The van der Waals surface area contributed by atoms with E-state index in [-0.39, 0.29) is 18.6 Å². The Morgan fingerprint density at radius 3 is 2.76 bits per heavy atom. The second-order valence-corrected chi connectivity index (χ2v) is 6.55. The first kappa shape index (κ1) is 16.6. The second-order valence-electron chi connectivity index (χ2n) is 6.55. The fourth-order valence-electron chi connectivity index (χ4n) is 3.03. The van der Waals surface area contributed by atoms with Gasteiger partial charge in [-0.25, -0.2) is 4.79 Å². The van der Waals surface area contributed by atoms with Gasteiger partial charge in [0, 0.05) is 19.2 Å². The Bertz CT molecular complexity index is 321. The minimum atomic E-state index is -0.622. The van der Waals surface area contributed by atoms with Gasteiger partial charge in [0.05, 0.1) is 12.7 Å². The molecule has 0 radical (unpaired) electrons. The highest BCUT2D eigenvalue weighted by Gasteiger charge is 2.25. The van der Waals surface area contributed by atoms with Crippen LogP contribution < -0.4 is 10.6 Å². The number of carbonyl (C=O) groups is 1. The fourth-order valence-corrected chi connectivity index (χ4v) is 3.03. The predicted molar refractivity (Wildman–Crippen MR) is 82.1 cm³/mol. The number of amides is 2.